The average molecular weight is 430 g/mol. The van der Waals surface area contributed by atoms with Crippen LogP contribution in [0.5, 0.6) is 5.75 Å². The summed E-state index contributed by atoms with van der Waals surface area (Å²) in [5, 5.41) is 3.40. The van der Waals surface area contributed by atoms with Crippen molar-refractivity contribution in [1.82, 2.24) is 15.3 Å². The summed E-state index contributed by atoms with van der Waals surface area (Å²) in [6, 6.07) is 14.8. The first-order valence-electron chi connectivity index (χ1n) is 8.75. The van der Waals surface area contributed by atoms with Gasteiger partial charge in [-0.05, 0) is 36.8 Å². The fourth-order valence-corrected chi connectivity index (χ4v) is 3.05. The van der Waals surface area contributed by atoms with Crippen molar-refractivity contribution < 1.29 is 9.53 Å². The van der Waals surface area contributed by atoms with Gasteiger partial charge in [-0.1, -0.05) is 34.1 Å². The Bertz CT molecular complexity index is 987. The van der Waals surface area contributed by atoms with Crippen LogP contribution >= 0.6 is 15.9 Å². The SMILES string of the molecule is O=C(CCCc1nc2ccccc2c(=O)[nH]1)NCCOc1cccc(Br)c1. The summed E-state index contributed by atoms with van der Waals surface area (Å²) >= 11 is 3.38. The standard InChI is InChI=1S/C20H20BrN3O3/c21-14-5-3-6-15(13-14)27-12-11-22-19(25)10-4-9-18-23-17-8-2-1-7-16(17)20(26)24-18/h1-3,5-8,13H,4,9-12H2,(H,22,25)(H,23,24,26). The number of aromatic nitrogens is 2. The van der Waals surface area contributed by atoms with Crippen LogP contribution < -0.4 is 15.6 Å². The zero-order valence-electron chi connectivity index (χ0n) is 14.7. The number of nitrogens with one attached hydrogen (secondary N) is 2. The van der Waals surface area contributed by atoms with Gasteiger partial charge in [-0.3, -0.25) is 9.59 Å². The molecule has 1 aromatic heterocycles. The van der Waals surface area contributed by atoms with Crippen molar-refractivity contribution >= 4 is 32.7 Å². The Morgan fingerprint density at radius 3 is 2.89 bits per heavy atom. The first-order chi connectivity index (χ1) is 13.1. The van der Waals surface area contributed by atoms with E-state index in [0.717, 1.165) is 10.2 Å². The lowest BCUT2D eigenvalue weighted by Gasteiger charge is -2.08. The van der Waals surface area contributed by atoms with Crippen molar-refractivity contribution in [1.29, 1.82) is 0 Å². The topological polar surface area (TPSA) is 84.1 Å². The Hall–Kier alpha value is -2.67. The number of rotatable bonds is 8. The second-order valence-corrected chi connectivity index (χ2v) is 6.95. The molecule has 3 aromatic rings. The van der Waals surface area contributed by atoms with Gasteiger partial charge in [-0.25, -0.2) is 4.98 Å². The molecular weight excluding hydrogens is 410 g/mol. The van der Waals surface area contributed by atoms with Crippen LogP contribution in [0.2, 0.25) is 0 Å². The Balaban J connectivity index is 1.39. The number of fused-ring (bicyclic) bond motifs is 1. The van der Waals surface area contributed by atoms with Gasteiger partial charge < -0.3 is 15.0 Å². The molecule has 0 saturated heterocycles. The van der Waals surface area contributed by atoms with Gasteiger partial charge in [0.25, 0.3) is 5.56 Å². The second-order valence-electron chi connectivity index (χ2n) is 6.04. The van der Waals surface area contributed by atoms with E-state index in [-0.39, 0.29) is 11.5 Å². The molecule has 2 aromatic carbocycles. The van der Waals surface area contributed by atoms with Gasteiger partial charge in [-0.15, -0.1) is 0 Å². The number of H-pyrrole nitrogens is 1. The van der Waals surface area contributed by atoms with Crippen molar-refractivity contribution in [3.8, 4) is 5.75 Å². The monoisotopic (exact) mass is 429 g/mol. The molecule has 0 unspecified atom stereocenters. The average Bonchev–Trinajstić information content (AvgIpc) is 2.65. The molecule has 1 heterocycles. The lowest BCUT2D eigenvalue weighted by molar-refractivity contribution is -0.121. The van der Waals surface area contributed by atoms with Gasteiger partial charge in [-0.2, -0.15) is 0 Å². The molecule has 2 N–H and O–H groups in total. The Labute approximate surface area is 165 Å². The Kier molecular flexibility index (Phi) is 6.59. The molecule has 6 nitrogen and oxygen atoms in total. The van der Waals surface area contributed by atoms with E-state index in [9.17, 15) is 9.59 Å². The molecule has 27 heavy (non-hydrogen) atoms. The van der Waals surface area contributed by atoms with E-state index in [1.165, 1.54) is 0 Å². The molecule has 0 aliphatic rings. The highest BCUT2D eigenvalue weighted by atomic mass is 79.9. The molecule has 0 spiro atoms. The third-order valence-corrected chi connectivity index (χ3v) is 4.46. The van der Waals surface area contributed by atoms with E-state index < -0.39 is 0 Å². The molecule has 0 aliphatic heterocycles. The summed E-state index contributed by atoms with van der Waals surface area (Å²) in [7, 11) is 0. The molecular formula is C20H20BrN3O3. The number of ether oxygens (including phenoxy) is 1. The summed E-state index contributed by atoms with van der Waals surface area (Å²) in [6.45, 7) is 0.845. The van der Waals surface area contributed by atoms with E-state index >= 15 is 0 Å². The minimum atomic E-state index is -0.148. The van der Waals surface area contributed by atoms with E-state index in [4.69, 9.17) is 4.74 Å². The number of halogens is 1. The molecule has 1 amide bonds. The fourth-order valence-electron chi connectivity index (χ4n) is 2.67. The normalized spacial score (nSPS) is 10.7. The summed E-state index contributed by atoms with van der Waals surface area (Å²) < 4.78 is 6.52. The van der Waals surface area contributed by atoms with E-state index in [2.05, 4.69) is 31.2 Å². The number of nitrogens with zero attached hydrogens (tertiary/aromatic N) is 1. The van der Waals surface area contributed by atoms with Gasteiger partial charge in [0.05, 0.1) is 17.4 Å². The van der Waals surface area contributed by atoms with Crippen LogP contribution in [-0.2, 0) is 11.2 Å². The number of carbonyl (C=O) groups is 1. The van der Waals surface area contributed by atoms with Crippen molar-refractivity contribution in [2.45, 2.75) is 19.3 Å². The van der Waals surface area contributed by atoms with E-state index in [1.807, 2.05) is 42.5 Å². The Morgan fingerprint density at radius 2 is 2.04 bits per heavy atom. The lowest BCUT2D eigenvalue weighted by Crippen LogP contribution is -2.28. The van der Waals surface area contributed by atoms with Gasteiger partial charge >= 0.3 is 0 Å². The van der Waals surface area contributed by atoms with E-state index in [1.54, 1.807) is 6.07 Å². The van der Waals surface area contributed by atoms with Crippen LogP contribution in [0.1, 0.15) is 18.7 Å². The van der Waals surface area contributed by atoms with Crippen molar-refractivity contribution in [3.63, 3.8) is 0 Å². The predicted octanol–water partition coefficient (Wildman–Crippen LogP) is 3.20. The lowest BCUT2D eigenvalue weighted by atomic mass is 10.2. The third kappa shape index (κ3) is 5.65. The molecule has 0 saturated carbocycles. The number of amides is 1. The largest absolute Gasteiger partial charge is 0.492 e. The van der Waals surface area contributed by atoms with Gasteiger partial charge in [0.15, 0.2) is 0 Å². The fraction of sp³-hybridized carbons (Fsp3) is 0.250. The molecule has 7 heteroatoms. The van der Waals surface area contributed by atoms with Crippen molar-refractivity contribution in [3.05, 3.63) is 69.2 Å². The maximum Gasteiger partial charge on any atom is 0.258 e. The van der Waals surface area contributed by atoms with Crippen LogP contribution in [-0.4, -0.2) is 29.0 Å². The molecule has 140 valence electrons. The maximum absolute atomic E-state index is 12.0. The van der Waals surface area contributed by atoms with Gasteiger partial charge in [0, 0.05) is 17.3 Å². The van der Waals surface area contributed by atoms with Crippen LogP contribution in [0.15, 0.2) is 57.8 Å². The van der Waals surface area contributed by atoms with Crippen LogP contribution in [0, 0.1) is 0 Å². The molecule has 0 aliphatic carbocycles. The summed E-state index contributed by atoms with van der Waals surface area (Å²) in [5.41, 5.74) is 0.523. The number of benzene rings is 2. The zero-order chi connectivity index (χ0) is 19.1. The number of aromatic amines is 1. The predicted molar refractivity (Wildman–Crippen MR) is 108 cm³/mol. The molecule has 0 bridgehead atoms. The van der Waals surface area contributed by atoms with Gasteiger partial charge in [0.2, 0.25) is 5.91 Å². The highest BCUT2D eigenvalue weighted by Gasteiger charge is 2.05. The third-order valence-electron chi connectivity index (χ3n) is 3.97. The summed E-state index contributed by atoms with van der Waals surface area (Å²) in [4.78, 5) is 31.1. The molecule has 0 atom stereocenters. The zero-order valence-corrected chi connectivity index (χ0v) is 16.3. The number of aryl methyl sites for hydroxylation is 1. The highest BCUT2D eigenvalue weighted by Crippen LogP contribution is 2.17. The number of hydrogen-bond acceptors (Lipinski definition) is 4. The first-order valence-corrected chi connectivity index (χ1v) is 9.54. The second kappa shape index (κ2) is 9.32. The maximum atomic E-state index is 12.0. The van der Waals surface area contributed by atoms with Crippen molar-refractivity contribution in [2.24, 2.45) is 0 Å². The first kappa shape index (κ1) is 19.1. The van der Waals surface area contributed by atoms with E-state index in [0.29, 0.717) is 49.1 Å². The number of hydrogen-bond donors (Lipinski definition) is 2. The molecule has 0 radical (unpaired) electrons. The molecule has 0 fully saturated rings. The van der Waals surface area contributed by atoms with Gasteiger partial charge in [0.1, 0.15) is 18.2 Å². The van der Waals surface area contributed by atoms with Crippen molar-refractivity contribution in [2.75, 3.05) is 13.2 Å². The van der Waals surface area contributed by atoms with Crippen LogP contribution in [0.4, 0.5) is 0 Å². The minimum absolute atomic E-state index is 0.0454. The smallest absolute Gasteiger partial charge is 0.258 e. The Morgan fingerprint density at radius 1 is 1.19 bits per heavy atom. The number of para-hydroxylation sites is 1. The summed E-state index contributed by atoms with van der Waals surface area (Å²) in [5.74, 6) is 1.31. The summed E-state index contributed by atoms with van der Waals surface area (Å²) in [6.07, 6.45) is 1.52. The number of carbonyl (C=O) groups excluding carboxylic acids is 1. The highest BCUT2D eigenvalue weighted by molar-refractivity contribution is 9.10. The minimum Gasteiger partial charge on any atom is -0.492 e. The van der Waals surface area contributed by atoms with Crippen LogP contribution in [0.3, 0.4) is 0 Å². The van der Waals surface area contributed by atoms with Crippen LogP contribution in [0.25, 0.3) is 10.9 Å². The quantitative estimate of drug-likeness (QED) is 0.538. The molecule has 3 rings (SSSR count).